The van der Waals surface area contributed by atoms with Crippen LogP contribution in [0.5, 0.6) is 5.75 Å². The molecule has 5 heteroatoms. The first kappa shape index (κ1) is 17.0. The zero-order valence-corrected chi connectivity index (χ0v) is 12.4. The van der Waals surface area contributed by atoms with Crippen molar-refractivity contribution in [3.8, 4) is 5.75 Å². The number of hydrogen-bond donors (Lipinski definition) is 2. The molecule has 0 saturated heterocycles. The van der Waals surface area contributed by atoms with Gasteiger partial charge in [-0.3, -0.25) is 4.98 Å². The van der Waals surface area contributed by atoms with Crippen molar-refractivity contribution in [3.05, 3.63) is 18.5 Å². The highest BCUT2D eigenvalue weighted by molar-refractivity contribution is 6.59. The molecule has 0 amide bonds. The minimum atomic E-state index is -1.53. The summed E-state index contributed by atoms with van der Waals surface area (Å²) < 4.78 is 5.58. The molecular weight excluding hydrogens is 253 g/mol. The first-order valence-corrected chi connectivity index (χ1v) is 7.68. The van der Waals surface area contributed by atoms with Crippen LogP contribution in [0.4, 0.5) is 0 Å². The highest BCUT2D eigenvalue weighted by atomic mass is 16.5. The molecule has 0 saturated carbocycles. The van der Waals surface area contributed by atoms with Crippen LogP contribution in [0.15, 0.2) is 18.5 Å². The highest BCUT2D eigenvalue weighted by Gasteiger charge is 2.16. The molecule has 0 aromatic carbocycles. The average molecular weight is 279 g/mol. The number of pyridine rings is 1. The van der Waals surface area contributed by atoms with Crippen molar-refractivity contribution in [1.29, 1.82) is 0 Å². The van der Waals surface area contributed by atoms with Crippen LogP contribution in [0.3, 0.4) is 0 Å². The first-order chi connectivity index (χ1) is 9.75. The largest absolute Gasteiger partial charge is 0.494 e. The van der Waals surface area contributed by atoms with Gasteiger partial charge in [0.2, 0.25) is 0 Å². The maximum atomic E-state index is 9.18. The molecule has 4 nitrogen and oxygen atoms in total. The molecule has 0 bridgehead atoms. The van der Waals surface area contributed by atoms with Gasteiger partial charge in [-0.05, 0) is 12.5 Å². The molecule has 1 aromatic heterocycles. The van der Waals surface area contributed by atoms with Crippen LogP contribution in [0, 0.1) is 0 Å². The van der Waals surface area contributed by atoms with Gasteiger partial charge >= 0.3 is 7.12 Å². The topological polar surface area (TPSA) is 62.6 Å². The summed E-state index contributed by atoms with van der Waals surface area (Å²) >= 11 is 0. The summed E-state index contributed by atoms with van der Waals surface area (Å²) in [6, 6.07) is 1.67. The molecule has 1 heterocycles. The second-order valence-corrected chi connectivity index (χ2v) is 5.11. The molecule has 0 atom stereocenters. The normalized spacial score (nSPS) is 10.6. The molecule has 0 spiro atoms. The SMILES string of the molecule is CCCCCCCCCCOc1ccncc1B(O)O. The van der Waals surface area contributed by atoms with E-state index in [1.165, 1.54) is 44.7 Å². The number of rotatable bonds is 11. The number of aromatic nitrogens is 1. The van der Waals surface area contributed by atoms with E-state index in [-0.39, 0.29) is 0 Å². The van der Waals surface area contributed by atoms with Gasteiger partial charge in [0.15, 0.2) is 0 Å². The third-order valence-corrected chi connectivity index (χ3v) is 3.34. The summed E-state index contributed by atoms with van der Waals surface area (Å²) in [4.78, 5) is 3.86. The van der Waals surface area contributed by atoms with Gasteiger partial charge in [-0.2, -0.15) is 0 Å². The van der Waals surface area contributed by atoms with Crippen LogP contribution in [0.2, 0.25) is 0 Å². The maximum absolute atomic E-state index is 9.18. The smallest absolute Gasteiger partial charge is 0.493 e. The van der Waals surface area contributed by atoms with Gasteiger partial charge in [0.1, 0.15) is 5.75 Å². The zero-order chi connectivity index (χ0) is 14.6. The summed E-state index contributed by atoms with van der Waals surface area (Å²) in [5, 5.41) is 18.4. The Balaban J connectivity index is 2.10. The molecule has 0 aliphatic heterocycles. The van der Waals surface area contributed by atoms with Crippen molar-refractivity contribution in [3.63, 3.8) is 0 Å². The van der Waals surface area contributed by atoms with Crippen LogP contribution >= 0.6 is 0 Å². The standard InChI is InChI=1S/C15H26BNO3/c1-2-3-4-5-6-7-8-9-12-20-15-10-11-17-13-14(15)16(18)19/h10-11,13,18-19H,2-9,12H2,1H3. The fraction of sp³-hybridized carbons (Fsp3) is 0.667. The minimum Gasteiger partial charge on any atom is -0.494 e. The minimum absolute atomic E-state index is 0.326. The number of hydrogen-bond acceptors (Lipinski definition) is 4. The van der Waals surface area contributed by atoms with E-state index in [4.69, 9.17) is 4.74 Å². The van der Waals surface area contributed by atoms with E-state index in [0.717, 1.165) is 12.8 Å². The molecule has 0 fully saturated rings. The summed E-state index contributed by atoms with van der Waals surface area (Å²) in [5.41, 5.74) is 0.326. The average Bonchev–Trinajstić information content (AvgIpc) is 2.46. The fourth-order valence-corrected chi connectivity index (χ4v) is 2.14. The highest BCUT2D eigenvalue weighted by Crippen LogP contribution is 2.10. The molecule has 0 unspecified atom stereocenters. The number of unbranched alkanes of at least 4 members (excludes halogenated alkanes) is 7. The lowest BCUT2D eigenvalue weighted by Gasteiger charge is -2.10. The van der Waals surface area contributed by atoms with E-state index in [1.54, 1.807) is 12.3 Å². The summed E-state index contributed by atoms with van der Waals surface area (Å²) in [6.07, 6.45) is 13.0. The van der Waals surface area contributed by atoms with Gasteiger partial charge in [-0.15, -0.1) is 0 Å². The van der Waals surface area contributed by atoms with Crippen molar-refractivity contribution >= 4 is 12.6 Å². The van der Waals surface area contributed by atoms with Crippen molar-refractivity contribution < 1.29 is 14.8 Å². The van der Waals surface area contributed by atoms with Crippen LogP contribution in [-0.2, 0) is 0 Å². The van der Waals surface area contributed by atoms with E-state index < -0.39 is 7.12 Å². The first-order valence-electron chi connectivity index (χ1n) is 7.68. The molecule has 1 rings (SSSR count). The van der Waals surface area contributed by atoms with Crippen LogP contribution < -0.4 is 10.2 Å². The molecule has 0 aliphatic carbocycles. The van der Waals surface area contributed by atoms with Crippen molar-refractivity contribution in [2.45, 2.75) is 58.3 Å². The molecule has 2 N–H and O–H groups in total. The zero-order valence-electron chi connectivity index (χ0n) is 12.4. The second kappa shape index (κ2) is 10.7. The molecule has 0 radical (unpaired) electrons. The Bertz CT molecular complexity index is 361. The van der Waals surface area contributed by atoms with Crippen LogP contribution in [0.25, 0.3) is 0 Å². The Labute approximate surface area is 122 Å². The summed E-state index contributed by atoms with van der Waals surface area (Å²) in [6.45, 7) is 2.84. The van der Waals surface area contributed by atoms with E-state index in [2.05, 4.69) is 11.9 Å². The molecule has 112 valence electrons. The van der Waals surface area contributed by atoms with Crippen molar-refractivity contribution in [1.82, 2.24) is 4.98 Å². The van der Waals surface area contributed by atoms with E-state index in [1.807, 2.05) is 0 Å². The van der Waals surface area contributed by atoms with E-state index >= 15 is 0 Å². The molecule has 0 aliphatic rings. The molecule has 1 aromatic rings. The maximum Gasteiger partial charge on any atom is 0.493 e. The van der Waals surface area contributed by atoms with Crippen molar-refractivity contribution in [2.75, 3.05) is 6.61 Å². The van der Waals surface area contributed by atoms with Gasteiger partial charge in [0, 0.05) is 17.9 Å². The lowest BCUT2D eigenvalue weighted by Crippen LogP contribution is -2.31. The quantitative estimate of drug-likeness (QED) is 0.482. The Kier molecular flexibility index (Phi) is 9.08. The number of nitrogens with zero attached hydrogens (tertiary/aromatic N) is 1. The Hall–Kier alpha value is -1.07. The third kappa shape index (κ3) is 6.92. The number of ether oxygens (including phenoxy) is 1. The van der Waals surface area contributed by atoms with Crippen LogP contribution in [0.1, 0.15) is 58.3 Å². The molecular formula is C15H26BNO3. The van der Waals surface area contributed by atoms with E-state index in [0.29, 0.717) is 17.8 Å². The third-order valence-electron chi connectivity index (χ3n) is 3.34. The lowest BCUT2D eigenvalue weighted by molar-refractivity contribution is 0.304. The predicted octanol–water partition coefficient (Wildman–Crippen LogP) is 2.28. The monoisotopic (exact) mass is 279 g/mol. The van der Waals surface area contributed by atoms with Gasteiger partial charge in [-0.1, -0.05) is 51.9 Å². The predicted molar refractivity (Wildman–Crippen MR) is 82.2 cm³/mol. The summed E-state index contributed by atoms with van der Waals surface area (Å²) in [7, 11) is -1.53. The van der Waals surface area contributed by atoms with Crippen molar-refractivity contribution in [2.24, 2.45) is 0 Å². The molecule has 20 heavy (non-hydrogen) atoms. The second-order valence-electron chi connectivity index (χ2n) is 5.11. The summed E-state index contributed by atoms with van der Waals surface area (Å²) in [5.74, 6) is 0.512. The van der Waals surface area contributed by atoms with Gasteiger partial charge in [-0.25, -0.2) is 0 Å². The van der Waals surface area contributed by atoms with Gasteiger partial charge in [0.05, 0.1) is 6.61 Å². The Morgan fingerprint density at radius 3 is 2.35 bits per heavy atom. The van der Waals surface area contributed by atoms with Gasteiger partial charge < -0.3 is 14.8 Å². The Morgan fingerprint density at radius 2 is 1.70 bits per heavy atom. The van der Waals surface area contributed by atoms with Crippen LogP contribution in [-0.4, -0.2) is 28.8 Å². The lowest BCUT2D eigenvalue weighted by atomic mass is 9.81. The van der Waals surface area contributed by atoms with Gasteiger partial charge in [0.25, 0.3) is 0 Å². The van der Waals surface area contributed by atoms with E-state index in [9.17, 15) is 10.0 Å². The Morgan fingerprint density at radius 1 is 1.05 bits per heavy atom. The fourth-order valence-electron chi connectivity index (χ4n) is 2.14.